The molecular formula is C19H20O3. The summed E-state index contributed by atoms with van der Waals surface area (Å²) in [5.41, 5.74) is 2.07. The predicted octanol–water partition coefficient (Wildman–Crippen LogP) is 4.04. The average molecular weight is 296 g/mol. The van der Waals surface area contributed by atoms with Crippen LogP contribution in [0.4, 0.5) is 0 Å². The van der Waals surface area contributed by atoms with E-state index in [2.05, 4.69) is 44.2 Å². The number of fused-ring (bicyclic) bond motifs is 1. The second-order valence-electron chi connectivity index (χ2n) is 5.95. The normalized spacial score (nSPS) is 22.8. The summed E-state index contributed by atoms with van der Waals surface area (Å²) in [5.74, 6) is 0.00218. The van der Waals surface area contributed by atoms with Crippen molar-refractivity contribution in [2.24, 2.45) is 5.92 Å². The molecule has 1 aliphatic heterocycles. The summed E-state index contributed by atoms with van der Waals surface area (Å²) >= 11 is 0. The lowest BCUT2D eigenvalue weighted by Gasteiger charge is -2.42. The second-order valence-corrected chi connectivity index (χ2v) is 5.95. The molecule has 114 valence electrons. The molecule has 1 heterocycles. The van der Waals surface area contributed by atoms with Gasteiger partial charge in [-0.2, -0.15) is 0 Å². The van der Waals surface area contributed by atoms with Crippen molar-refractivity contribution in [1.29, 1.82) is 0 Å². The van der Waals surface area contributed by atoms with E-state index < -0.39 is 0 Å². The van der Waals surface area contributed by atoms with Gasteiger partial charge in [-0.15, -0.1) is 0 Å². The molecule has 2 aromatic carbocycles. The van der Waals surface area contributed by atoms with E-state index in [4.69, 9.17) is 9.47 Å². The van der Waals surface area contributed by atoms with Crippen LogP contribution in [0.3, 0.4) is 0 Å². The third-order valence-corrected chi connectivity index (χ3v) is 4.08. The van der Waals surface area contributed by atoms with Gasteiger partial charge in [-0.3, -0.25) is 0 Å². The van der Waals surface area contributed by atoms with Gasteiger partial charge in [0, 0.05) is 6.08 Å². The first-order valence-electron chi connectivity index (χ1n) is 7.53. The molecule has 2 aromatic rings. The topological polar surface area (TPSA) is 35.5 Å². The molecule has 0 N–H and O–H groups in total. The van der Waals surface area contributed by atoms with Gasteiger partial charge in [0.05, 0.1) is 13.2 Å². The Bertz CT molecular complexity index is 730. The number of methoxy groups -OCH3 is 1. The van der Waals surface area contributed by atoms with E-state index in [0.29, 0.717) is 5.92 Å². The number of carbonyl (C=O) groups is 1. The molecule has 3 heteroatoms. The second kappa shape index (κ2) is 5.93. The fraction of sp³-hybridized carbons (Fsp3) is 0.316. The zero-order valence-corrected chi connectivity index (χ0v) is 13.1. The monoisotopic (exact) mass is 296 g/mol. The van der Waals surface area contributed by atoms with Crippen molar-refractivity contribution in [3.05, 3.63) is 59.7 Å². The first kappa shape index (κ1) is 14.8. The van der Waals surface area contributed by atoms with Gasteiger partial charge >= 0.3 is 5.97 Å². The van der Waals surface area contributed by atoms with E-state index in [1.807, 2.05) is 12.1 Å². The van der Waals surface area contributed by atoms with Gasteiger partial charge in [0.2, 0.25) is 0 Å². The summed E-state index contributed by atoms with van der Waals surface area (Å²) in [4.78, 5) is 11.6. The van der Waals surface area contributed by atoms with Gasteiger partial charge in [-0.25, -0.2) is 4.79 Å². The van der Waals surface area contributed by atoms with E-state index >= 15 is 0 Å². The maximum atomic E-state index is 11.6. The molecular weight excluding hydrogens is 276 g/mol. The molecule has 1 fully saturated rings. The Hall–Kier alpha value is -2.13. The number of ether oxygens (including phenoxy) is 2. The smallest absolute Gasteiger partial charge is 0.330 e. The molecule has 1 saturated heterocycles. The molecule has 0 saturated carbocycles. The van der Waals surface area contributed by atoms with Gasteiger partial charge in [-0.1, -0.05) is 50.2 Å². The lowest BCUT2D eigenvalue weighted by atomic mass is 9.84. The van der Waals surface area contributed by atoms with Gasteiger partial charge in [0.25, 0.3) is 0 Å². The Morgan fingerprint density at radius 1 is 1.18 bits per heavy atom. The number of hydrogen-bond acceptors (Lipinski definition) is 3. The van der Waals surface area contributed by atoms with Crippen LogP contribution in [0.2, 0.25) is 0 Å². The first-order chi connectivity index (χ1) is 10.6. The van der Waals surface area contributed by atoms with E-state index in [0.717, 1.165) is 11.1 Å². The summed E-state index contributed by atoms with van der Waals surface area (Å²) in [6.45, 7) is 4.18. The molecule has 1 aliphatic rings. The summed E-state index contributed by atoms with van der Waals surface area (Å²) in [6.07, 6.45) is 1.40. The third kappa shape index (κ3) is 2.64. The van der Waals surface area contributed by atoms with Crippen molar-refractivity contribution in [3.8, 4) is 0 Å². The number of benzene rings is 2. The van der Waals surface area contributed by atoms with Crippen LogP contribution >= 0.6 is 0 Å². The van der Waals surface area contributed by atoms with Gasteiger partial charge in [-0.05, 0) is 33.9 Å². The quantitative estimate of drug-likeness (QED) is 0.633. The van der Waals surface area contributed by atoms with Crippen LogP contribution in [0.25, 0.3) is 10.8 Å². The first-order valence-corrected chi connectivity index (χ1v) is 7.53. The fourth-order valence-electron chi connectivity index (χ4n) is 2.92. The molecule has 0 unspecified atom stereocenters. The minimum Gasteiger partial charge on any atom is -0.466 e. The highest BCUT2D eigenvalue weighted by Crippen LogP contribution is 2.44. The maximum absolute atomic E-state index is 11.6. The molecule has 2 atom stereocenters. The molecule has 0 amide bonds. The number of rotatable bonds is 3. The molecule has 3 rings (SSSR count). The van der Waals surface area contributed by atoms with E-state index in [9.17, 15) is 4.79 Å². The zero-order chi connectivity index (χ0) is 15.7. The lowest BCUT2D eigenvalue weighted by Crippen LogP contribution is -2.39. The summed E-state index contributed by atoms with van der Waals surface area (Å²) in [6, 6.07) is 14.5. The molecule has 0 bridgehead atoms. The van der Waals surface area contributed by atoms with Gasteiger partial charge < -0.3 is 9.47 Å². The van der Waals surface area contributed by atoms with Crippen LogP contribution in [0.1, 0.15) is 25.5 Å². The zero-order valence-electron chi connectivity index (χ0n) is 13.1. The molecule has 0 aromatic heterocycles. The van der Waals surface area contributed by atoms with Crippen LogP contribution in [-0.2, 0) is 14.3 Å². The summed E-state index contributed by atoms with van der Waals surface area (Å²) < 4.78 is 10.8. The van der Waals surface area contributed by atoms with E-state index in [-0.39, 0.29) is 18.2 Å². The van der Waals surface area contributed by atoms with Gasteiger partial charge in [0.1, 0.15) is 6.10 Å². The van der Waals surface area contributed by atoms with Crippen molar-refractivity contribution in [2.75, 3.05) is 7.11 Å². The molecule has 3 nitrogen and oxygen atoms in total. The Kier molecular flexibility index (Phi) is 3.99. The minimum atomic E-state index is -0.324. The van der Waals surface area contributed by atoms with Crippen LogP contribution in [0, 0.1) is 5.92 Å². The van der Waals surface area contributed by atoms with Crippen molar-refractivity contribution < 1.29 is 14.3 Å². The van der Waals surface area contributed by atoms with Crippen LogP contribution in [0.15, 0.2) is 54.1 Å². The SMILES string of the molecule is COC(=O)/C=C1\[C@@H](c2ccc3ccccc3c2)O[C@@H]1C(C)C. The Balaban J connectivity index is 1.95. The van der Waals surface area contributed by atoms with Crippen molar-refractivity contribution in [2.45, 2.75) is 26.1 Å². The highest BCUT2D eigenvalue weighted by Gasteiger charge is 2.39. The minimum absolute atomic E-state index is 0.0180. The van der Waals surface area contributed by atoms with Crippen molar-refractivity contribution in [3.63, 3.8) is 0 Å². The van der Waals surface area contributed by atoms with Crippen LogP contribution in [-0.4, -0.2) is 19.2 Å². The number of hydrogen-bond donors (Lipinski definition) is 0. The Morgan fingerprint density at radius 2 is 1.91 bits per heavy atom. The number of esters is 1. The largest absolute Gasteiger partial charge is 0.466 e. The highest BCUT2D eigenvalue weighted by molar-refractivity contribution is 5.85. The summed E-state index contributed by atoms with van der Waals surface area (Å²) in [5, 5.41) is 2.37. The highest BCUT2D eigenvalue weighted by atomic mass is 16.5. The van der Waals surface area contributed by atoms with E-state index in [1.54, 1.807) is 6.08 Å². The third-order valence-electron chi connectivity index (χ3n) is 4.08. The van der Waals surface area contributed by atoms with Crippen LogP contribution in [0.5, 0.6) is 0 Å². The van der Waals surface area contributed by atoms with Gasteiger partial charge in [0.15, 0.2) is 0 Å². The lowest BCUT2D eigenvalue weighted by molar-refractivity contribution is -0.136. The van der Waals surface area contributed by atoms with E-state index in [1.165, 1.54) is 17.9 Å². The molecule has 0 spiro atoms. The fourth-order valence-corrected chi connectivity index (χ4v) is 2.92. The Morgan fingerprint density at radius 3 is 2.59 bits per heavy atom. The molecule has 0 aliphatic carbocycles. The summed E-state index contributed by atoms with van der Waals surface area (Å²) in [7, 11) is 1.40. The Labute approximate surface area is 130 Å². The molecule has 0 radical (unpaired) electrons. The maximum Gasteiger partial charge on any atom is 0.330 e. The van der Waals surface area contributed by atoms with Crippen molar-refractivity contribution in [1.82, 2.24) is 0 Å². The van der Waals surface area contributed by atoms with Crippen LogP contribution < -0.4 is 0 Å². The predicted molar refractivity (Wildman–Crippen MR) is 86.5 cm³/mol. The number of carbonyl (C=O) groups excluding carboxylic acids is 1. The standard InChI is InChI=1S/C19H20O3/c1-12(2)18-16(11-17(20)21-3)19(22-18)15-9-8-13-6-4-5-7-14(13)10-15/h4-12,18-19H,1-3H3/b16-11-/t18-,19-/m1/s1. The van der Waals surface area contributed by atoms with Crippen molar-refractivity contribution >= 4 is 16.7 Å². The average Bonchev–Trinajstić information content (AvgIpc) is 2.50. The molecule has 22 heavy (non-hydrogen) atoms.